The lowest BCUT2D eigenvalue weighted by Gasteiger charge is -2.42. The summed E-state index contributed by atoms with van der Waals surface area (Å²) >= 11 is 0. The molecule has 1 heterocycles. The molecule has 2 rings (SSSR count). The number of aryl methyl sites for hydroxylation is 2. The first-order valence-electron chi connectivity index (χ1n) is 6.87. The summed E-state index contributed by atoms with van der Waals surface area (Å²) in [7, 11) is 5.87. The van der Waals surface area contributed by atoms with Crippen LogP contribution in [0.4, 0.5) is 0 Å². The van der Waals surface area contributed by atoms with Crippen LogP contribution in [0.5, 0.6) is 0 Å². The average Bonchev–Trinajstić information content (AvgIpc) is 2.74. The number of aromatic nitrogens is 2. The highest BCUT2D eigenvalue weighted by Gasteiger charge is 2.38. The normalized spacial score (nSPS) is 19.5. The molecule has 0 aliphatic heterocycles. The lowest BCUT2D eigenvalue weighted by molar-refractivity contribution is -0.0834. The van der Waals surface area contributed by atoms with Crippen LogP contribution in [0.25, 0.3) is 0 Å². The van der Waals surface area contributed by atoms with Gasteiger partial charge in [-0.1, -0.05) is 0 Å². The second-order valence-electron chi connectivity index (χ2n) is 5.49. The molecule has 18 heavy (non-hydrogen) atoms. The van der Waals surface area contributed by atoms with E-state index in [4.69, 9.17) is 4.74 Å². The molecule has 0 saturated heterocycles. The molecule has 0 bridgehead atoms. The van der Waals surface area contributed by atoms with Gasteiger partial charge in [0.05, 0.1) is 11.8 Å². The molecular formula is C14H25N3O. The highest BCUT2D eigenvalue weighted by Crippen LogP contribution is 2.39. The van der Waals surface area contributed by atoms with Crippen LogP contribution < -0.4 is 5.32 Å². The van der Waals surface area contributed by atoms with Gasteiger partial charge in [0.25, 0.3) is 0 Å². The van der Waals surface area contributed by atoms with Crippen molar-refractivity contribution in [2.24, 2.45) is 7.05 Å². The van der Waals surface area contributed by atoms with Gasteiger partial charge in [-0.05, 0) is 51.1 Å². The second kappa shape index (κ2) is 5.85. The quantitative estimate of drug-likeness (QED) is 0.804. The largest absolute Gasteiger partial charge is 0.378 e. The first-order chi connectivity index (χ1) is 8.67. The number of hydrogen-bond donors (Lipinski definition) is 1. The van der Waals surface area contributed by atoms with Gasteiger partial charge in [-0.25, -0.2) is 0 Å². The van der Waals surface area contributed by atoms with E-state index >= 15 is 0 Å². The van der Waals surface area contributed by atoms with Crippen LogP contribution in [0, 0.1) is 0 Å². The van der Waals surface area contributed by atoms with Gasteiger partial charge in [-0.2, -0.15) is 5.10 Å². The maximum atomic E-state index is 5.71. The van der Waals surface area contributed by atoms with Crippen LogP contribution in [0.3, 0.4) is 0 Å². The number of ether oxygens (including phenoxy) is 1. The highest BCUT2D eigenvalue weighted by molar-refractivity contribution is 5.04. The average molecular weight is 251 g/mol. The Balaban J connectivity index is 1.82. The summed E-state index contributed by atoms with van der Waals surface area (Å²) in [5.74, 6) is 0. The first kappa shape index (κ1) is 13.6. The zero-order chi connectivity index (χ0) is 13.0. The number of methoxy groups -OCH3 is 1. The van der Waals surface area contributed by atoms with Crippen molar-refractivity contribution in [1.29, 1.82) is 0 Å². The van der Waals surface area contributed by atoms with Crippen molar-refractivity contribution in [2.45, 2.75) is 50.2 Å². The standard InChI is InChI=1S/C14H25N3O/c1-15-13(9-14(18-3)7-4-8-14)6-5-12-10-16-17(2)11-12/h10-11,13,15H,4-9H2,1-3H3. The fraction of sp³-hybridized carbons (Fsp3) is 0.786. The molecule has 0 amide bonds. The third-order valence-corrected chi connectivity index (χ3v) is 4.26. The Morgan fingerprint density at radius 1 is 1.56 bits per heavy atom. The lowest BCUT2D eigenvalue weighted by Crippen LogP contribution is -2.45. The van der Waals surface area contributed by atoms with Crippen LogP contribution in [-0.2, 0) is 18.2 Å². The molecule has 1 saturated carbocycles. The van der Waals surface area contributed by atoms with Crippen molar-refractivity contribution < 1.29 is 4.74 Å². The summed E-state index contributed by atoms with van der Waals surface area (Å²) in [4.78, 5) is 0. The van der Waals surface area contributed by atoms with Crippen molar-refractivity contribution >= 4 is 0 Å². The summed E-state index contributed by atoms with van der Waals surface area (Å²) in [6, 6.07) is 0.533. The van der Waals surface area contributed by atoms with Gasteiger partial charge in [0, 0.05) is 26.4 Å². The van der Waals surface area contributed by atoms with E-state index in [1.165, 1.54) is 24.8 Å². The number of rotatable bonds is 7. The minimum absolute atomic E-state index is 0.155. The smallest absolute Gasteiger partial charge is 0.0693 e. The predicted molar refractivity (Wildman–Crippen MR) is 72.6 cm³/mol. The number of nitrogens with zero attached hydrogens (tertiary/aromatic N) is 2. The molecule has 1 unspecified atom stereocenters. The Morgan fingerprint density at radius 2 is 2.33 bits per heavy atom. The molecule has 1 N–H and O–H groups in total. The first-order valence-corrected chi connectivity index (χ1v) is 6.87. The summed E-state index contributed by atoms with van der Waals surface area (Å²) in [5, 5.41) is 7.64. The van der Waals surface area contributed by atoms with Gasteiger partial charge < -0.3 is 10.1 Å². The summed E-state index contributed by atoms with van der Waals surface area (Å²) < 4.78 is 7.57. The molecule has 1 aromatic rings. The van der Waals surface area contributed by atoms with E-state index in [1.54, 1.807) is 0 Å². The molecule has 102 valence electrons. The predicted octanol–water partition coefficient (Wildman–Crippen LogP) is 1.90. The monoisotopic (exact) mass is 251 g/mol. The number of nitrogens with one attached hydrogen (secondary N) is 1. The molecule has 1 fully saturated rings. The summed E-state index contributed by atoms with van der Waals surface area (Å²) in [6.45, 7) is 0. The Labute approximate surface area is 110 Å². The van der Waals surface area contributed by atoms with Gasteiger partial charge in [0.2, 0.25) is 0 Å². The molecule has 1 aromatic heterocycles. The van der Waals surface area contributed by atoms with Gasteiger partial charge >= 0.3 is 0 Å². The van der Waals surface area contributed by atoms with Crippen molar-refractivity contribution in [3.05, 3.63) is 18.0 Å². The Morgan fingerprint density at radius 3 is 2.78 bits per heavy atom. The minimum atomic E-state index is 0.155. The zero-order valence-corrected chi connectivity index (χ0v) is 11.8. The van der Waals surface area contributed by atoms with E-state index in [-0.39, 0.29) is 5.60 Å². The molecule has 1 atom stereocenters. The van der Waals surface area contributed by atoms with Gasteiger partial charge in [-0.3, -0.25) is 4.68 Å². The van der Waals surface area contributed by atoms with Crippen LogP contribution in [-0.4, -0.2) is 35.6 Å². The van der Waals surface area contributed by atoms with Gasteiger partial charge in [0.1, 0.15) is 0 Å². The van der Waals surface area contributed by atoms with E-state index in [0.29, 0.717) is 6.04 Å². The van der Waals surface area contributed by atoms with Crippen molar-refractivity contribution in [3.63, 3.8) is 0 Å². The maximum absolute atomic E-state index is 5.71. The second-order valence-corrected chi connectivity index (χ2v) is 5.49. The maximum Gasteiger partial charge on any atom is 0.0693 e. The Kier molecular flexibility index (Phi) is 4.40. The van der Waals surface area contributed by atoms with E-state index in [0.717, 1.165) is 19.3 Å². The van der Waals surface area contributed by atoms with Crippen molar-refractivity contribution in [3.8, 4) is 0 Å². The Bertz CT molecular complexity index is 365. The topological polar surface area (TPSA) is 39.1 Å². The molecule has 1 aliphatic rings. The van der Waals surface area contributed by atoms with Crippen LogP contribution >= 0.6 is 0 Å². The zero-order valence-electron chi connectivity index (χ0n) is 11.8. The van der Waals surface area contributed by atoms with Gasteiger partial charge in [0.15, 0.2) is 0 Å². The van der Waals surface area contributed by atoms with E-state index < -0.39 is 0 Å². The van der Waals surface area contributed by atoms with Crippen LogP contribution in [0.15, 0.2) is 12.4 Å². The Hall–Kier alpha value is -0.870. The van der Waals surface area contributed by atoms with Crippen molar-refractivity contribution in [2.75, 3.05) is 14.2 Å². The molecule has 0 radical (unpaired) electrons. The third kappa shape index (κ3) is 3.12. The molecule has 0 aromatic carbocycles. The van der Waals surface area contributed by atoms with Crippen LogP contribution in [0.2, 0.25) is 0 Å². The molecule has 0 spiro atoms. The minimum Gasteiger partial charge on any atom is -0.378 e. The summed E-state index contributed by atoms with van der Waals surface area (Å²) in [5.41, 5.74) is 1.47. The fourth-order valence-corrected chi connectivity index (χ4v) is 2.80. The SMILES string of the molecule is CNC(CCc1cnn(C)c1)CC1(OC)CCC1. The van der Waals surface area contributed by atoms with E-state index in [1.807, 2.05) is 25.0 Å². The number of hydrogen-bond acceptors (Lipinski definition) is 3. The van der Waals surface area contributed by atoms with E-state index in [9.17, 15) is 0 Å². The fourth-order valence-electron chi connectivity index (χ4n) is 2.80. The van der Waals surface area contributed by atoms with Crippen molar-refractivity contribution in [1.82, 2.24) is 15.1 Å². The third-order valence-electron chi connectivity index (χ3n) is 4.26. The highest BCUT2D eigenvalue weighted by atomic mass is 16.5. The molecular weight excluding hydrogens is 226 g/mol. The lowest BCUT2D eigenvalue weighted by atomic mass is 9.75. The summed E-state index contributed by atoms with van der Waals surface area (Å²) in [6.07, 6.45) is 11.2. The molecule has 1 aliphatic carbocycles. The molecule has 4 heteroatoms. The van der Waals surface area contributed by atoms with Gasteiger partial charge in [-0.15, -0.1) is 0 Å². The molecule has 4 nitrogen and oxygen atoms in total. The van der Waals surface area contributed by atoms with E-state index in [2.05, 4.69) is 23.7 Å². The van der Waals surface area contributed by atoms with Crippen LogP contribution in [0.1, 0.15) is 37.7 Å².